The van der Waals surface area contributed by atoms with Crippen LogP contribution in [0.2, 0.25) is 5.02 Å². The van der Waals surface area contributed by atoms with E-state index >= 15 is 0 Å². The summed E-state index contributed by atoms with van der Waals surface area (Å²) in [5.41, 5.74) is 2.92. The Hall–Kier alpha value is -2.50. The van der Waals surface area contributed by atoms with Crippen molar-refractivity contribution in [2.75, 3.05) is 27.4 Å². The summed E-state index contributed by atoms with van der Waals surface area (Å²) in [7, 11) is 3.25. The second-order valence-electron chi connectivity index (χ2n) is 6.28. The van der Waals surface area contributed by atoms with Crippen molar-refractivity contribution >= 4 is 28.4 Å². The highest BCUT2D eigenvalue weighted by Crippen LogP contribution is 2.37. The van der Waals surface area contributed by atoms with Crippen LogP contribution in [0.15, 0.2) is 48.7 Å². The molecule has 1 aromatic heterocycles. The smallest absolute Gasteiger partial charge is 0.221 e. The minimum absolute atomic E-state index is 0.0470. The van der Waals surface area contributed by atoms with E-state index in [0.717, 1.165) is 27.8 Å². The second-order valence-corrected chi connectivity index (χ2v) is 6.68. The molecule has 6 heteroatoms. The minimum Gasteiger partial charge on any atom is -0.497 e. The van der Waals surface area contributed by atoms with Gasteiger partial charge in [0.2, 0.25) is 5.91 Å². The van der Waals surface area contributed by atoms with E-state index in [0.29, 0.717) is 18.2 Å². The second kappa shape index (κ2) is 8.93. The third kappa shape index (κ3) is 4.43. The molecule has 0 aliphatic carbocycles. The van der Waals surface area contributed by atoms with E-state index < -0.39 is 0 Å². The molecular weight excluding hydrogens is 364 g/mol. The summed E-state index contributed by atoms with van der Waals surface area (Å²) in [6.07, 6.45) is 2.23. The monoisotopic (exact) mass is 386 g/mol. The Kier molecular flexibility index (Phi) is 6.37. The highest BCUT2D eigenvalue weighted by molar-refractivity contribution is 6.31. The highest BCUT2D eigenvalue weighted by atomic mass is 35.5. The van der Waals surface area contributed by atoms with Gasteiger partial charge in [0.05, 0.1) is 13.7 Å². The molecule has 0 saturated heterocycles. The first-order valence-corrected chi connectivity index (χ1v) is 9.17. The topological polar surface area (TPSA) is 63.3 Å². The van der Waals surface area contributed by atoms with Gasteiger partial charge < -0.3 is 19.8 Å². The van der Waals surface area contributed by atoms with Gasteiger partial charge in [0.1, 0.15) is 5.75 Å². The molecule has 0 unspecified atom stereocenters. The van der Waals surface area contributed by atoms with Crippen LogP contribution in [-0.4, -0.2) is 38.3 Å². The van der Waals surface area contributed by atoms with Gasteiger partial charge in [-0.2, -0.15) is 0 Å². The van der Waals surface area contributed by atoms with E-state index in [1.54, 1.807) is 14.2 Å². The van der Waals surface area contributed by atoms with E-state index in [1.807, 2.05) is 48.7 Å². The lowest BCUT2D eigenvalue weighted by Crippen LogP contribution is -2.28. The van der Waals surface area contributed by atoms with E-state index in [-0.39, 0.29) is 18.2 Å². The van der Waals surface area contributed by atoms with Gasteiger partial charge in [-0.3, -0.25) is 4.79 Å². The molecule has 0 spiro atoms. The fraction of sp³-hybridized carbons (Fsp3) is 0.286. The van der Waals surface area contributed by atoms with Crippen LogP contribution in [0.5, 0.6) is 5.75 Å². The highest BCUT2D eigenvalue weighted by Gasteiger charge is 2.23. The molecule has 0 aliphatic heterocycles. The number of ether oxygens (including phenoxy) is 2. The molecule has 0 bridgehead atoms. The maximum Gasteiger partial charge on any atom is 0.221 e. The van der Waals surface area contributed by atoms with Crippen LogP contribution in [0.4, 0.5) is 0 Å². The van der Waals surface area contributed by atoms with Crippen molar-refractivity contribution in [3.63, 3.8) is 0 Å². The first kappa shape index (κ1) is 19.3. The number of nitrogens with one attached hydrogen (secondary N) is 2. The molecular formula is C21H23ClN2O3. The van der Waals surface area contributed by atoms with E-state index in [9.17, 15) is 4.79 Å². The molecule has 1 amide bonds. The van der Waals surface area contributed by atoms with Crippen molar-refractivity contribution in [3.05, 3.63) is 64.8 Å². The molecule has 0 aliphatic rings. The Bertz CT molecular complexity index is 923. The predicted molar refractivity (Wildman–Crippen MR) is 108 cm³/mol. The number of methoxy groups -OCH3 is 2. The summed E-state index contributed by atoms with van der Waals surface area (Å²) in [5, 5.41) is 4.55. The summed E-state index contributed by atoms with van der Waals surface area (Å²) in [6, 6.07) is 13.5. The van der Waals surface area contributed by atoms with Gasteiger partial charge in [-0.05, 0) is 35.4 Å². The third-order valence-corrected chi connectivity index (χ3v) is 4.94. The lowest BCUT2D eigenvalue weighted by Gasteiger charge is -2.18. The number of amides is 1. The zero-order valence-corrected chi connectivity index (χ0v) is 16.2. The molecule has 3 aromatic rings. The molecule has 27 heavy (non-hydrogen) atoms. The van der Waals surface area contributed by atoms with Crippen LogP contribution in [0, 0.1) is 0 Å². The minimum atomic E-state index is -0.179. The molecule has 2 N–H and O–H groups in total. The number of aromatic amines is 1. The van der Waals surface area contributed by atoms with E-state index in [1.165, 1.54) is 0 Å². The van der Waals surface area contributed by atoms with E-state index in [2.05, 4.69) is 10.3 Å². The molecule has 0 saturated carbocycles. The van der Waals surface area contributed by atoms with Gasteiger partial charge in [0, 0.05) is 48.1 Å². The summed E-state index contributed by atoms with van der Waals surface area (Å²) >= 11 is 6.47. The zero-order valence-electron chi connectivity index (χ0n) is 15.4. The van der Waals surface area contributed by atoms with Crippen molar-refractivity contribution in [2.45, 2.75) is 12.3 Å². The van der Waals surface area contributed by atoms with Crippen molar-refractivity contribution in [1.82, 2.24) is 10.3 Å². The van der Waals surface area contributed by atoms with Gasteiger partial charge in [-0.25, -0.2) is 0 Å². The van der Waals surface area contributed by atoms with Crippen LogP contribution in [0.3, 0.4) is 0 Å². The van der Waals surface area contributed by atoms with Crippen molar-refractivity contribution < 1.29 is 14.3 Å². The number of aromatic nitrogens is 1. The maximum absolute atomic E-state index is 12.5. The maximum atomic E-state index is 12.5. The van der Waals surface area contributed by atoms with Gasteiger partial charge in [-0.15, -0.1) is 0 Å². The standard InChI is InChI=1S/C21H23ClN2O3/c1-26-10-9-23-21(25)12-16(15-5-3-4-6-19(15)22)18-13-24-20-8-7-14(27-2)11-17(18)20/h3-8,11,13,16,24H,9-10,12H2,1-2H3,(H,23,25)/t16-/m1/s1. The number of benzene rings is 2. The molecule has 0 radical (unpaired) electrons. The Morgan fingerprint density at radius 2 is 2.00 bits per heavy atom. The number of carbonyl (C=O) groups excluding carboxylic acids is 1. The first-order valence-electron chi connectivity index (χ1n) is 8.79. The van der Waals surface area contributed by atoms with Crippen molar-refractivity contribution in [2.24, 2.45) is 0 Å². The van der Waals surface area contributed by atoms with Crippen LogP contribution in [-0.2, 0) is 9.53 Å². The summed E-state index contributed by atoms with van der Waals surface area (Å²) < 4.78 is 10.4. The normalized spacial score (nSPS) is 12.1. The van der Waals surface area contributed by atoms with Crippen LogP contribution in [0.1, 0.15) is 23.5 Å². The van der Waals surface area contributed by atoms with Crippen LogP contribution < -0.4 is 10.1 Å². The predicted octanol–water partition coefficient (Wildman–Crippen LogP) is 4.11. The van der Waals surface area contributed by atoms with Crippen LogP contribution in [0.25, 0.3) is 10.9 Å². The average molecular weight is 387 g/mol. The summed E-state index contributed by atoms with van der Waals surface area (Å²) in [5.74, 6) is 0.544. The number of carbonyl (C=O) groups is 1. The largest absolute Gasteiger partial charge is 0.497 e. The van der Waals surface area contributed by atoms with Crippen molar-refractivity contribution in [3.8, 4) is 5.75 Å². The Labute approximate surface area is 163 Å². The number of fused-ring (bicyclic) bond motifs is 1. The first-order chi connectivity index (χ1) is 13.1. The number of hydrogen-bond acceptors (Lipinski definition) is 3. The molecule has 5 nitrogen and oxygen atoms in total. The Balaban J connectivity index is 2.00. The molecule has 1 atom stereocenters. The quantitative estimate of drug-likeness (QED) is 0.572. The van der Waals surface area contributed by atoms with Gasteiger partial charge in [-0.1, -0.05) is 29.8 Å². The molecule has 142 valence electrons. The molecule has 2 aromatic carbocycles. The van der Waals surface area contributed by atoms with Crippen molar-refractivity contribution in [1.29, 1.82) is 0 Å². The summed E-state index contributed by atoms with van der Waals surface area (Å²) in [4.78, 5) is 15.8. The number of H-pyrrole nitrogens is 1. The Morgan fingerprint density at radius 1 is 1.19 bits per heavy atom. The van der Waals surface area contributed by atoms with E-state index in [4.69, 9.17) is 21.1 Å². The van der Waals surface area contributed by atoms with Crippen LogP contribution >= 0.6 is 11.6 Å². The average Bonchev–Trinajstić information content (AvgIpc) is 3.10. The lowest BCUT2D eigenvalue weighted by atomic mass is 9.88. The fourth-order valence-corrected chi connectivity index (χ4v) is 3.50. The third-order valence-electron chi connectivity index (χ3n) is 4.59. The van der Waals surface area contributed by atoms with Gasteiger partial charge >= 0.3 is 0 Å². The summed E-state index contributed by atoms with van der Waals surface area (Å²) in [6.45, 7) is 0.957. The lowest BCUT2D eigenvalue weighted by molar-refractivity contribution is -0.121. The number of halogens is 1. The Morgan fingerprint density at radius 3 is 2.74 bits per heavy atom. The molecule has 1 heterocycles. The zero-order chi connectivity index (χ0) is 19.2. The molecule has 0 fully saturated rings. The SMILES string of the molecule is COCCNC(=O)C[C@H](c1ccccc1Cl)c1c[nH]c2ccc(OC)cc12. The fourth-order valence-electron chi connectivity index (χ4n) is 3.23. The number of rotatable bonds is 8. The van der Waals surface area contributed by atoms with Gasteiger partial charge in [0.25, 0.3) is 0 Å². The molecule has 3 rings (SSSR count). The van der Waals surface area contributed by atoms with Gasteiger partial charge in [0.15, 0.2) is 0 Å². The number of hydrogen-bond donors (Lipinski definition) is 2.